The van der Waals surface area contributed by atoms with Gasteiger partial charge in [-0.1, -0.05) is 6.92 Å². The van der Waals surface area contributed by atoms with Gasteiger partial charge in [-0.2, -0.15) is 12.6 Å². The van der Waals surface area contributed by atoms with E-state index in [4.69, 9.17) is 17.0 Å². The van der Waals surface area contributed by atoms with Gasteiger partial charge in [0.2, 0.25) is 0 Å². The highest BCUT2D eigenvalue weighted by Gasteiger charge is 1.88. The van der Waals surface area contributed by atoms with E-state index in [2.05, 4.69) is 12.6 Å². The van der Waals surface area contributed by atoms with E-state index in [-0.39, 0.29) is 0 Å². The molecule has 0 atom stereocenters. The maximum Gasteiger partial charge on any atom is 0.159 e. The number of ether oxygens (including phenoxy) is 1. The number of hydrogen-bond acceptors (Lipinski definition) is 3. The molecule has 3 heteroatoms. The molecule has 0 rings (SSSR count). The molecule has 0 aliphatic carbocycles. The zero-order valence-electron chi connectivity index (χ0n) is 4.89. The van der Waals surface area contributed by atoms with E-state index in [0.717, 1.165) is 12.2 Å². The van der Waals surface area contributed by atoms with Crippen molar-refractivity contribution in [3.63, 3.8) is 0 Å². The van der Waals surface area contributed by atoms with Crippen molar-refractivity contribution in [3.05, 3.63) is 0 Å². The fourth-order valence-electron chi connectivity index (χ4n) is 0.262. The van der Waals surface area contributed by atoms with Crippen LogP contribution in [0.25, 0.3) is 0 Å². The molecule has 0 bridgehead atoms. The fourth-order valence-corrected chi connectivity index (χ4v) is 0.436. The summed E-state index contributed by atoms with van der Waals surface area (Å²) in [6, 6.07) is 0. The quantitative estimate of drug-likeness (QED) is 0.484. The maximum atomic E-state index is 5.00. The first-order chi connectivity index (χ1) is 3.81. The number of thiocarbonyl (C=S) groups is 1. The Bertz CT molecular complexity index is 72.8. The van der Waals surface area contributed by atoms with Crippen LogP contribution in [-0.4, -0.2) is 17.4 Å². The first-order valence-corrected chi connectivity index (χ1v) is 3.61. The van der Waals surface area contributed by atoms with Crippen LogP contribution >= 0.6 is 24.8 Å². The van der Waals surface area contributed by atoms with Gasteiger partial charge >= 0.3 is 0 Å². The molecule has 0 aliphatic rings. The smallest absolute Gasteiger partial charge is 0.159 e. The lowest BCUT2D eigenvalue weighted by Gasteiger charge is -2.00. The summed E-state index contributed by atoms with van der Waals surface area (Å²) in [5.74, 6) is 0.736. The largest absolute Gasteiger partial charge is 0.486 e. The van der Waals surface area contributed by atoms with Crippen LogP contribution in [0.2, 0.25) is 0 Å². The Morgan fingerprint density at radius 2 is 2.38 bits per heavy atom. The maximum absolute atomic E-state index is 5.00. The third kappa shape index (κ3) is 4.40. The Morgan fingerprint density at radius 3 is 2.75 bits per heavy atom. The van der Waals surface area contributed by atoms with Crippen LogP contribution in [0.3, 0.4) is 0 Å². The van der Waals surface area contributed by atoms with Crippen LogP contribution < -0.4 is 0 Å². The second-order valence-electron chi connectivity index (χ2n) is 1.30. The van der Waals surface area contributed by atoms with Gasteiger partial charge in [0.15, 0.2) is 5.05 Å². The van der Waals surface area contributed by atoms with Crippen molar-refractivity contribution in [2.24, 2.45) is 0 Å². The zero-order chi connectivity index (χ0) is 6.41. The molecule has 0 amide bonds. The molecule has 0 radical (unpaired) electrons. The molecule has 0 spiro atoms. The lowest BCUT2D eigenvalue weighted by atomic mass is 10.5. The Kier molecular flexibility index (Phi) is 5.54. The minimum atomic E-state index is 0.635. The molecule has 0 saturated heterocycles. The van der Waals surface area contributed by atoms with Crippen molar-refractivity contribution in [2.45, 2.75) is 13.3 Å². The molecule has 1 nitrogen and oxygen atoms in total. The second kappa shape index (κ2) is 5.38. The first-order valence-electron chi connectivity index (χ1n) is 2.57. The van der Waals surface area contributed by atoms with Crippen LogP contribution in [0, 0.1) is 0 Å². The highest BCUT2D eigenvalue weighted by molar-refractivity contribution is 7.80. The third-order valence-corrected chi connectivity index (χ3v) is 1.23. The van der Waals surface area contributed by atoms with Gasteiger partial charge in [0, 0.05) is 12.2 Å². The monoisotopic (exact) mass is 150 g/mol. The lowest BCUT2D eigenvalue weighted by molar-refractivity contribution is 0.333. The average molecular weight is 150 g/mol. The van der Waals surface area contributed by atoms with Gasteiger partial charge in [-0.25, -0.2) is 0 Å². The molecule has 48 valence electrons. The molecule has 0 unspecified atom stereocenters. The molecule has 8 heavy (non-hydrogen) atoms. The molecule has 0 aromatic heterocycles. The molecule has 0 saturated carbocycles. The lowest BCUT2D eigenvalue weighted by Crippen LogP contribution is -2.01. The summed E-state index contributed by atoms with van der Waals surface area (Å²) in [4.78, 5) is 0. The SMILES string of the molecule is CCC(=S)OCCS. The molecule has 0 aromatic rings. The van der Waals surface area contributed by atoms with Crippen LogP contribution in [0.1, 0.15) is 13.3 Å². The minimum absolute atomic E-state index is 0.635. The Balaban J connectivity index is 2.99. The topological polar surface area (TPSA) is 9.23 Å². The molecule has 0 fully saturated rings. The van der Waals surface area contributed by atoms with E-state index in [1.165, 1.54) is 0 Å². The summed E-state index contributed by atoms with van der Waals surface area (Å²) in [5, 5.41) is 0.680. The van der Waals surface area contributed by atoms with Gasteiger partial charge in [-0.3, -0.25) is 0 Å². The first kappa shape index (κ1) is 8.24. The molecule has 0 heterocycles. The van der Waals surface area contributed by atoms with E-state index in [9.17, 15) is 0 Å². The van der Waals surface area contributed by atoms with Crippen LogP contribution in [0.15, 0.2) is 0 Å². The highest BCUT2D eigenvalue weighted by Crippen LogP contribution is 1.87. The molecular weight excluding hydrogens is 140 g/mol. The van der Waals surface area contributed by atoms with Gasteiger partial charge in [0.25, 0.3) is 0 Å². The van der Waals surface area contributed by atoms with Crippen LogP contribution in [-0.2, 0) is 4.74 Å². The Labute approximate surface area is 60.8 Å². The Hall–Kier alpha value is 0.240. The minimum Gasteiger partial charge on any atom is -0.486 e. The van der Waals surface area contributed by atoms with Crippen molar-refractivity contribution in [1.82, 2.24) is 0 Å². The number of rotatable bonds is 3. The zero-order valence-corrected chi connectivity index (χ0v) is 6.60. The van der Waals surface area contributed by atoms with E-state index in [1.54, 1.807) is 0 Å². The van der Waals surface area contributed by atoms with Crippen molar-refractivity contribution >= 4 is 29.9 Å². The third-order valence-electron chi connectivity index (χ3n) is 0.643. The van der Waals surface area contributed by atoms with Crippen molar-refractivity contribution < 1.29 is 4.74 Å². The number of hydrogen-bond donors (Lipinski definition) is 1. The average Bonchev–Trinajstić information content (AvgIpc) is 1.83. The van der Waals surface area contributed by atoms with Gasteiger partial charge < -0.3 is 4.74 Å². The number of thiol groups is 1. The summed E-state index contributed by atoms with van der Waals surface area (Å²) >= 11 is 8.71. The molecule has 0 N–H and O–H groups in total. The van der Waals surface area contributed by atoms with E-state index in [0.29, 0.717) is 11.7 Å². The van der Waals surface area contributed by atoms with E-state index >= 15 is 0 Å². The van der Waals surface area contributed by atoms with Gasteiger partial charge in [-0.05, 0) is 12.2 Å². The van der Waals surface area contributed by atoms with Gasteiger partial charge in [0.1, 0.15) is 0 Å². The van der Waals surface area contributed by atoms with Crippen LogP contribution in [0.5, 0.6) is 0 Å². The Morgan fingerprint density at radius 1 is 1.75 bits per heavy atom. The molecule has 0 aliphatic heterocycles. The van der Waals surface area contributed by atoms with Gasteiger partial charge in [-0.15, -0.1) is 0 Å². The van der Waals surface area contributed by atoms with E-state index < -0.39 is 0 Å². The van der Waals surface area contributed by atoms with Crippen LogP contribution in [0.4, 0.5) is 0 Å². The van der Waals surface area contributed by atoms with Crippen molar-refractivity contribution in [1.29, 1.82) is 0 Å². The predicted octanol–water partition coefficient (Wildman–Crippen LogP) is 1.67. The molecular formula is C5H10OS2. The summed E-state index contributed by atoms with van der Waals surface area (Å²) in [7, 11) is 0. The van der Waals surface area contributed by atoms with E-state index in [1.807, 2.05) is 6.92 Å². The summed E-state index contributed by atoms with van der Waals surface area (Å²) < 4.78 is 5.00. The summed E-state index contributed by atoms with van der Waals surface area (Å²) in [5.41, 5.74) is 0. The van der Waals surface area contributed by atoms with Crippen molar-refractivity contribution in [2.75, 3.05) is 12.4 Å². The standard InChI is InChI=1S/C5H10OS2/c1-2-5(8)6-3-4-7/h7H,2-4H2,1H3. The van der Waals surface area contributed by atoms with Crippen molar-refractivity contribution in [3.8, 4) is 0 Å². The predicted molar refractivity (Wildman–Crippen MR) is 42.7 cm³/mol. The fraction of sp³-hybridized carbons (Fsp3) is 0.800. The summed E-state index contributed by atoms with van der Waals surface area (Å²) in [6.45, 7) is 2.61. The molecule has 0 aromatic carbocycles. The highest BCUT2D eigenvalue weighted by atomic mass is 32.1. The normalized spacial score (nSPS) is 8.75. The van der Waals surface area contributed by atoms with Gasteiger partial charge in [0.05, 0.1) is 6.61 Å². The summed E-state index contributed by atoms with van der Waals surface area (Å²) in [6.07, 6.45) is 0.823. The second-order valence-corrected chi connectivity index (χ2v) is 2.20.